The SMILES string of the molecule is O=S(=O)([O-])S(=O)(=O)[O-].[Cs+].[Cs+]. The van der Waals surface area contributed by atoms with Gasteiger partial charge in [0.15, 0.2) is 18.3 Å². The third-order valence-corrected chi connectivity index (χ3v) is 2.25. The van der Waals surface area contributed by atoms with Crippen molar-refractivity contribution in [3.63, 3.8) is 0 Å². The summed E-state index contributed by atoms with van der Waals surface area (Å²) in [6, 6.07) is 0. The molecule has 10 heavy (non-hydrogen) atoms. The second-order valence-electron chi connectivity index (χ2n) is 0.816. The van der Waals surface area contributed by atoms with E-state index in [4.69, 9.17) is 0 Å². The third-order valence-electron chi connectivity index (χ3n) is 0.250. The van der Waals surface area contributed by atoms with Crippen molar-refractivity contribution in [3.05, 3.63) is 0 Å². The molecule has 0 aliphatic heterocycles. The molecule has 0 aromatic carbocycles. The topological polar surface area (TPSA) is 114 Å². The smallest absolute Gasteiger partial charge is 0.736 e. The van der Waals surface area contributed by atoms with E-state index >= 15 is 0 Å². The predicted molar refractivity (Wildman–Crippen MR) is 19.4 cm³/mol. The van der Waals surface area contributed by atoms with Crippen LogP contribution in [0.15, 0.2) is 0 Å². The maximum atomic E-state index is 9.20. The van der Waals surface area contributed by atoms with Crippen LogP contribution in [0.4, 0.5) is 0 Å². The van der Waals surface area contributed by atoms with Gasteiger partial charge in [-0.25, -0.2) is 16.8 Å². The molecule has 0 saturated carbocycles. The zero-order valence-electron chi connectivity index (χ0n) is 5.27. The quantitative estimate of drug-likeness (QED) is 0.304. The summed E-state index contributed by atoms with van der Waals surface area (Å²) >= 11 is 0. The average molecular weight is 426 g/mol. The van der Waals surface area contributed by atoms with E-state index in [2.05, 4.69) is 0 Å². The molecule has 10 heteroatoms. The summed E-state index contributed by atoms with van der Waals surface area (Å²) in [6.45, 7) is 0. The Kier molecular flexibility index (Phi) is 14.1. The number of hydrogen-bond donors (Lipinski definition) is 0. The van der Waals surface area contributed by atoms with E-state index in [0.29, 0.717) is 0 Å². The minimum atomic E-state index is -5.67. The van der Waals surface area contributed by atoms with Crippen molar-refractivity contribution < 1.29 is 164 Å². The molecule has 6 nitrogen and oxygen atoms in total. The normalized spacial score (nSPS) is 11.0. The minimum Gasteiger partial charge on any atom is -0.736 e. The van der Waals surface area contributed by atoms with Gasteiger partial charge >= 0.3 is 138 Å². The van der Waals surface area contributed by atoms with Crippen molar-refractivity contribution in [2.75, 3.05) is 0 Å². The van der Waals surface area contributed by atoms with Crippen LogP contribution in [0.25, 0.3) is 0 Å². The van der Waals surface area contributed by atoms with E-state index in [-0.39, 0.29) is 138 Å². The van der Waals surface area contributed by atoms with Crippen molar-refractivity contribution in [2.45, 2.75) is 0 Å². The van der Waals surface area contributed by atoms with Crippen molar-refractivity contribution >= 4 is 18.3 Å². The Morgan fingerprint density at radius 1 is 0.700 bits per heavy atom. The maximum absolute atomic E-state index is 9.20. The van der Waals surface area contributed by atoms with E-state index in [1.165, 1.54) is 0 Å². The van der Waals surface area contributed by atoms with E-state index in [1.54, 1.807) is 0 Å². The summed E-state index contributed by atoms with van der Waals surface area (Å²) < 4.78 is 55.2. The largest absolute Gasteiger partial charge is 1.00 e. The molecule has 0 atom stereocenters. The molecule has 50 valence electrons. The standard InChI is InChI=1S/2Cs.H2O6S2/c;;1-7(2,3)8(4,5)6/h;;(H,1,2,3)(H,4,5,6)/q2*+1;/p-2. The zero-order chi connectivity index (χ0) is 7.00. The van der Waals surface area contributed by atoms with Gasteiger partial charge in [-0.3, -0.25) is 0 Å². The van der Waals surface area contributed by atoms with Crippen molar-refractivity contribution in [1.82, 2.24) is 0 Å². The number of rotatable bonds is 1. The van der Waals surface area contributed by atoms with Crippen molar-refractivity contribution in [1.29, 1.82) is 0 Å². The van der Waals surface area contributed by atoms with Gasteiger partial charge in [0.1, 0.15) is 0 Å². The first-order chi connectivity index (χ1) is 3.25. The van der Waals surface area contributed by atoms with Crippen LogP contribution in [0.1, 0.15) is 0 Å². The molecule has 0 aliphatic carbocycles. The van der Waals surface area contributed by atoms with Gasteiger partial charge in [-0.15, -0.1) is 0 Å². The first-order valence-electron chi connectivity index (χ1n) is 1.17. The Labute approximate surface area is 176 Å². The molecule has 0 rings (SSSR count). The van der Waals surface area contributed by atoms with Crippen LogP contribution in [0.3, 0.4) is 0 Å². The second kappa shape index (κ2) is 7.25. The molecule has 0 aromatic heterocycles. The van der Waals surface area contributed by atoms with Crippen LogP contribution in [-0.2, 0) is 18.3 Å². The summed E-state index contributed by atoms with van der Waals surface area (Å²) in [4.78, 5) is 0. The third kappa shape index (κ3) is 8.52. The molecule has 0 saturated heterocycles. The zero-order valence-corrected chi connectivity index (χ0v) is 19.5. The van der Waals surface area contributed by atoms with Crippen LogP contribution >= 0.6 is 0 Å². The summed E-state index contributed by atoms with van der Waals surface area (Å²) in [7, 11) is -11.3. The van der Waals surface area contributed by atoms with Gasteiger partial charge in [0.05, 0.1) is 0 Å². The van der Waals surface area contributed by atoms with Crippen molar-refractivity contribution in [3.8, 4) is 0 Å². The van der Waals surface area contributed by atoms with Crippen LogP contribution < -0.4 is 138 Å². The molecule has 0 spiro atoms. The summed E-state index contributed by atoms with van der Waals surface area (Å²) in [5.74, 6) is 0. The van der Waals surface area contributed by atoms with Gasteiger partial charge < -0.3 is 9.11 Å². The molecule has 0 radical (unpaired) electrons. The summed E-state index contributed by atoms with van der Waals surface area (Å²) in [5.41, 5.74) is 0. The fourth-order valence-corrected chi connectivity index (χ4v) is 0. The van der Waals surface area contributed by atoms with Gasteiger partial charge in [0.2, 0.25) is 0 Å². The Morgan fingerprint density at radius 3 is 0.800 bits per heavy atom. The minimum absolute atomic E-state index is 0. The molecule has 0 bridgehead atoms. The first kappa shape index (κ1) is 19.5. The van der Waals surface area contributed by atoms with Gasteiger partial charge in [0.25, 0.3) is 0 Å². The van der Waals surface area contributed by atoms with Crippen LogP contribution in [-0.4, -0.2) is 25.9 Å². The molecular weight excluding hydrogens is 426 g/mol. The molecule has 0 amide bonds. The Hall–Kier alpha value is 3.92. The first-order valence-corrected chi connectivity index (χ1v) is 4.50. The molecule has 0 aliphatic rings. The Bertz CT molecular complexity index is 226. The van der Waals surface area contributed by atoms with Crippen LogP contribution in [0.2, 0.25) is 0 Å². The van der Waals surface area contributed by atoms with Crippen LogP contribution in [0, 0.1) is 0 Å². The van der Waals surface area contributed by atoms with E-state index < -0.39 is 18.3 Å². The molecule has 0 fully saturated rings. The van der Waals surface area contributed by atoms with E-state index in [9.17, 15) is 25.9 Å². The second-order valence-corrected chi connectivity index (χ2v) is 4.90. The maximum Gasteiger partial charge on any atom is 1.00 e. The molecule has 0 unspecified atom stereocenters. The van der Waals surface area contributed by atoms with E-state index in [0.717, 1.165) is 0 Å². The molecule has 0 N–H and O–H groups in total. The molecule has 0 aromatic rings. The monoisotopic (exact) mass is 426 g/mol. The fourth-order valence-electron chi connectivity index (χ4n) is 0. The van der Waals surface area contributed by atoms with Gasteiger partial charge in [-0.2, -0.15) is 0 Å². The van der Waals surface area contributed by atoms with Gasteiger partial charge in [-0.05, 0) is 0 Å². The Morgan fingerprint density at radius 2 is 0.800 bits per heavy atom. The summed E-state index contributed by atoms with van der Waals surface area (Å²) in [6.07, 6.45) is 0. The molecule has 0 heterocycles. The van der Waals surface area contributed by atoms with E-state index in [1.807, 2.05) is 0 Å². The predicted octanol–water partition coefficient (Wildman–Crippen LogP) is -8.00. The van der Waals surface area contributed by atoms with Crippen LogP contribution in [0.5, 0.6) is 0 Å². The fraction of sp³-hybridized carbons (Fsp3) is 0. The van der Waals surface area contributed by atoms with Gasteiger partial charge in [0, 0.05) is 0 Å². The molecular formula is Cs2O6S2. The Balaban J connectivity index is -0.000000245. The average Bonchev–Trinajstić information content (AvgIpc) is 1.25. The van der Waals surface area contributed by atoms with Crippen molar-refractivity contribution in [2.24, 2.45) is 0 Å². The van der Waals surface area contributed by atoms with Gasteiger partial charge in [-0.1, -0.05) is 0 Å². The summed E-state index contributed by atoms with van der Waals surface area (Å²) in [5, 5.41) is 0. The number of hydrogen-bond acceptors (Lipinski definition) is 6.